The quantitative estimate of drug-likeness (QED) is 0.778. The third-order valence-corrected chi connectivity index (χ3v) is 4.14. The van der Waals surface area contributed by atoms with Crippen LogP contribution in [0.5, 0.6) is 0 Å². The number of alkyl carbamates (subject to hydrolysis) is 1. The lowest BCUT2D eigenvalue weighted by Gasteiger charge is -2.39. The molecule has 0 unspecified atom stereocenters. The standard InChI is InChI=1S/C12H12Cl3NO2/c1-12(2)5-18-11(17)16-10(12)8-6(13)3-4-7(14)9(8)15/h3-4,10H,5H2,1-2H3,(H,16,17)/t10-/m1/s1. The highest BCUT2D eigenvalue weighted by molar-refractivity contribution is 6.44. The summed E-state index contributed by atoms with van der Waals surface area (Å²) < 4.78 is 4.99. The van der Waals surface area contributed by atoms with Crippen molar-refractivity contribution in [1.82, 2.24) is 5.32 Å². The second-order valence-electron chi connectivity index (χ2n) is 4.90. The Morgan fingerprint density at radius 1 is 1.28 bits per heavy atom. The smallest absolute Gasteiger partial charge is 0.407 e. The Bertz CT molecular complexity index is 502. The number of hydrogen-bond donors (Lipinski definition) is 1. The van der Waals surface area contributed by atoms with E-state index in [1.165, 1.54) is 0 Å². The zero-order valence-electron chi connectivity index (χ0n) is 9.89. The summed E-state index contributed by atoms with van der Waals surface area (Å²) in [6.45, 7) is 4.22. The molecule has 1 N–H and O–H groups in total. The van der Waals surface area contributed by atoms with Gasteiger partial charge in [-0.1, -0.05) is 48.7 Å². The molecule has 1 fully saturated rings. The van der Waals surface area contributed by atoms with E-state index >= 15 is 0 Å². The average Bonchev–Trinajstić information content (AvgIpc) is 2.29. The predicted molar refractivity (Wildman–Crippen MR) is 72.5 cm³/mol. The summed E-state index contributed by atoms with van der Waals surface area (Å²) in [5.41, 5.74) is 0.304. The number of amides is 1. The minimum absolute atomic E-state index is 0.294. The van der Waals surface area contributed by atoms with Gasteiger partial charge in [0.2, 0.25) is 0 Å². The number of benzene rings is 1. The number of cyclic esters (lactones) is 1. The highest BCUT2D eigenvalue weighted by Gasteiger charge is 2.40. The fourth-order valence-electron chi connectivity index (χ4n) is 1.96. The van der Waals surface area contributed by atoms with Gasteiger partial charge in [0.15, 0.2) is 0 Å². The summed E-state index contributed by atoms with van der Waals surface area (Å²) in [5, 5.41) is 3.99. The van der Waals surface area contributed by atoms with Crippen molar-refractivity contribution in [3.05, 3.63) is 32.8 Å². The summed E-state index contributed by atoms with van der Waals surface area (Å²) in [6.07, 6.45) is -0.480. The highest BCUT2D eigenvalue weighted by Crippen LogP contribution is 2.44. The lowest BCUT2D eigenvalue weighted by Crippen LogP contribution is -2.47. The van der Waals surface area contributed by atoms with Gasteiger partial charge in [-0.2, -0.15) is 0 Å². The first-order valence-electron chi connectivity index (χ1n) is 5.39. The van der Waals surface area contributed by atoms with Crippen molar-refractivity contribution in [3.8, 4) is 0 Å². The lowest BCUT2D eigenvalue weighted by molar-refractivity contribution is 0.0388. The van der Waals surface area contributed by atoms with E-state index in [2.05, 4.69) is 5.32 Å². The van der Waals surface area contributed by atoms with E-state index in [-0.39, 0.29) is 11.5 Å². The Morgan fingerprint density at radius 3 is 2.56 bits per heavy atom. The molecule has 0 radical (unpaired) electrons. The van der Waals surface area contributed by atoms with Crippen molar-refractivity contribution in [2.45, 2.75) is 19.9 Å². The maximum atomic E-state index is 11.4. The lowest BCUT2D eigenvalue weighted by atomic mass is 9.80. The molecule has 18 heavy (non-hydrogen) atoms. The average molecular weight is 309 g/mol. The fraction of sp³-hybridized carbons (Fsp3) is 0.417. The van der Waals surface area contributed by atoms with Crippen molar-refractivity contribution in [1.29, 1.82) is 0 Å². The molecule has 0 bridgehead atoms. The third-order valence-electron chi connectivity index (χ3n) is 2.99. The minimum atomic E-state index is -0.480. The summed E-state index contributed by atoms with van der Waals surface area (Å²) in [4.78, 5) is 11.4. The topological polar surface area (TPSA) is 38.3 Å². The van der Waals surface area contributed by atoms with Crippen molar-refractivity contribution < 1.29 is 9.53 Å². The molecular weight excluding hydrogens is 296 g/mol. The van der Waals surface area contributed by atoms with Gasteiger partial charge in [0.05, 0.1) is 16.1 Å². The molecule has 1 atom stereocenters. The van der Waals surface area contributed by atoms with Gasteiger partial charge in [-0.05, 0) is 12.1 Å². The zero-order valence-corrected chi connectivity index (χ0v) is 12.2. The highest BCUT2D eigenvalue weighted by atomic mass is 35.5. The normalized spacial score (nSPS) is 22.3. The van der Waals surface area contributed by atoms with E-state index in [9.17, 15) is 4.79 Å². The van der Waals surface area contributed by atoms with Gasteiger partial charge in [0.25, 0.3) is 0 Å². The van der Waals surface area contributed by atoms with Crippen LogP contribution in [0.3, 0.4) is 0 Å². The Morgan fingerprint density at radius 2 is 1.89 bits per heavy atom. The van der Waals surface area contributed by atoms with Crippen LogP contribution in [0, 0.1) is 5.41 Å². The van der Waals surface area contributed by atoms with Gasteiger partial charge in [-0.3, -0.25) is 0 Å². The summed E-state index contributed by atoms with van der Waals surface area (Å²) in [5.74, 6) is 0. The molecule has 1 aromatic rings. The van der Waals surface area contributed by atoms with Crippen LogP contribution in [-0.2, 0) is 4.74 Å². The molecule has 0 saturated carbocycles. The number of carbonyl (C=O) groups excluding carboxylic acids is 1. The van der Waals surface area contributed by atoms with Gasteiger partial charge in [0.1, 0.15) is 6.61 Å². The van der Waals surface area contributed by atoms with Crippen LogP contribution in [0.25, 0.3) is 0 Å². The second kappa shape index (κ2) is 4.80. The molecule has 0 aliphatic carbocycles. The van der Waals surface area contributed by atoms with E-state index in [1.807, 2.05) is 13.8 Å². The molecule has 0 spiro atoms. The maximum Gasteiger partial charge on any atom is 0.407 e. The van der Waals surface area contributed by atoms with E-state index in [0.29, 0.717) is 27.2 Å². The molecule has 3 nitrogen and oxygen atoms in total. The molecule has 2 rings (SSSR count). The zero-order chi connectivity index (χ0) is 13.5. The van der Waals surface area contributed by atoms with Crippen LogP contribution in [0.4, 0.5) is 4.79 Å². The van der Waals surface area contributed by atoms with Crippen molar-refractivity contribution in [2.24, 2.45) is 5.41 Å². The maximum absolute atomic E-state index is 11.4. The summed E-state index contributed by atoms with van der Waals surface area (Å²) >= 11 is 18.4. The number of carbonyl (C=O) groups is 1. The van der Waals surface area contributed by atoms with Gasteiger partial charge < -0.3 is 10.1 Å². The monoisotopic (exact) mass is 307 g/mol. The molecule has 1 aliphatic rings. The molecular formula is C12H12Cl3NO2. The van der Waals surface area contributed by atoms with Crippen molar-refractivity contribution >= 4 is 40.9 Å². The Balaban J connectivity index is 2.52. The number of rotatable bonds is 1. The Kier molecular flexibility index (Phi) is 3.67. The molecule has 98 valence electrons. The van der Waals surface area contributed by atoms with E-state index in [0.717, 1.165) is 0 Å². The first-order valence-corrected chi connectivity index (χ1v) is 6.53. The Labute approximate surface area is 120 Å². The van der Waals surface area contributed by atoms with Gasteiger partial charge in [0, 0.05) is 16.0 Å². The number of halogens is 3. The number of ether oxygens (including phenoxy) is 1. The first-order chi connectivity index (χ1) is 8.33. The van der Waals surface area contributed by atoms with E-state index < -0.39 is 6.09 Å². The molecule has 1 saturated heterocycles. The van der Waals surface area contributed by atoms with Crippen LogP contribution in [0.1, 0.15) is 25.5 Å². The SMILES string of the molecule is CC1(C)COC(=O)N[C@@H]1c1c(Cl)ccc(Cl)c1Cl. The van der Waals surface area contributed by atoms with Crippen molar-refractivity contribution in [2.75, 3.05) is 6.61 Å². The third kappa shape index (κ3) is 2.40. The van der Waals surface area contributed by atoms with Gasteiger partial charge in [-0.15, -0.1) is 0 Å². The van der Waals surface area contributed by atoms with E-state index in [1.54, 1.807) is 12.1 Å². The van der Waals surface area contributed by atoms with Crippen LogP contribution in [0.15, 0.2) is 12.1 Å². The van der Waals surface area contributed by atoms with Gasteiger partial charge in [-0.25, -0.2) is 4.79 Å². The van der Waals surface area contributed by atoms with Crippen LogP contribution in [0.2, 0.25) is 15.1 Å². The second-order valence-corrected chi connectivity index (χ2v) is 6.09. The summed E-state index contributed by atoms with van der Waals surface area (Å²) in [7, 11) is 0. The van der Waals surface area contributed by atoms with Gasteiger partial charge >= 0.3 is 6.09 Å². The number of nitrogens with one attached hydrogen (secondary N) is 1. The first kappa shape index (κ1) is 13.8. The molecule has 1 amide bonds. The van der Waals surface area contributed by atoms with Crippen LogP contribution >= 0.6 is 34.8 Å². The molecule has 1 aromatic carbocycles. The molecule has 0 aromatic heterocycles. The Hall–Kier alpha value is -0.640. The molecule has 1 aliphatic heterocycles. The fourth-order valence-corrected chi connectivity index (χ4v) is 2.71. The van der Waals surface area contributed by atoms with Crippen molar-refractivity contribution in [3.63, 3.8) is 0 Å². The minimum Gasteiger partial charge on any atom is -0.449 e. The van der Waals surface area contributed by atoms with Crippen LogP contribution < -0.4 is 5.32 Å². The molecule has 6 heteroatoms. The summed E-state index contributed by atoms with van der Waals surface area (Å²) in [6, 6.07) is 2.96. The molecule has 1 heterocycles. The predicted octanol–water partition coefficient (Wildman–Crippen LogP) is 4.45. The van der Waals surface area contributed by atoms with E-state index in [4.69, 9.17) is 39.5 Å². The van der Waals surface area contributed by atoms with Crippen LogP contribution in [-0.4, -0.2) is 12.7 Å². The largest absolute Gasteiger partial charge is 0.449 e. The number of hydrogen-bond acceptors (Lipinski definition) is 2.